The largest absolute Gasteiger partial charge is 0.492 e. The van der Waals surface area contributed by atoms with Crippen molar-refractivity contribution < 1.29 is 14.3 Å². The van der Waals surface area contributed by atoms with Crippen molar-refractivity contribution in [2.24, 2.45) is 11.1 Å². The first kappa shape index (κ1) is 21.2. The zero-order valence-corrected chi connectivity index (χ0v) is 14.8. The third-order valence-corrected chi connectivity index (χ3v) is 2.93. The molecule has 0 saturated heterocycles. The molecular formula is C16H26ClN3O3. The Balaban J connectivity index is 0.00000484. The fraction of sp³-hybridized carbons (Fsp3) is 0.500. The molecular weight excluding hydrogens is 318 g/mol. The molecule has 1 atom stereocenters. The molecule has 0 aromatic heterocycles. The average Bonchev–Trinajstić information content (AvgIpc) is 2.45. The summed E-state index contributed by atoms with van der Waals surface area (Å²) in [5, 5.41) is 5.44. The van der Waals surface area contributed by atoms with E-state index in [-0.39, 0.29) is 24.2 Å². The van der Waals surface area contributed by atoms with Gasteiger partial charge < -0.3 is 21.1 Å². The van der Waals surface area contributed by atoms with Crippen molar-refractivity contribution in [2.45, 2.75) is 33.7 Å². The smallest absolute Gasteiger partial charge is 0.246 e. The summed E-state index contributed by atoms with van der Waals surface area (Å²) < 4.78 is 5.36. The summed E-state index contributed by atoms with van der Waals surface area (Å²) in [6.45, 7) is 7.94. The van der Waals surface area contributed by atoms with Crippen LogP contribution in [0.15, 0.2) is 24.3 Å². The van der Waals surface area contributed by atoms with Gasteiger partial charge >= 0.3 is 0 Å². The minimum Gasteiger partial charge on any atom is -0.492 e. The Morgan fingerprint density at radius 3 is 2.26 bits per heavy atom. The molecule has 0 aliphatic carbocycles. The maximum atomic E-state index is 12.1. The SMILES string of the molecule is CC(NC(=O)C(C)(C)C)C(=O)Nc1ccc(OCCN)cc1.Cl. The molecule has 130 valence electrons. The molecule has 0 saturated carbocycles. The van der Waals surface area contributed by atoms with E-state index in [0.29, 0.717) is 24.6 Å². The fourth-order valence-electron chi connectivity index (χ4n) is 1.54. The number of nitrogens with two attached hydrogens (primary N) is 1. The van der Waals surface area contributed by atoms with Crippen LogP contribution in [0, 0.1) is 5.41 Å². The van der Waals surface area contributed by atoms with E-state index < -0.39 is 11.5 Å². The maximum Gasteiger partial charge on any atom is 0.246 e. The third-order valence-electron chi connectivity index (χ3n) is 2.93. The van der Waals surface area contributed by atoms with E-state index in [1.165, 1.54) is 0 Å². The van der Waals surface area contributed by atoms with Gasteiger partial charge in [-0.2, -0.15) is 0 Å². The van der Waals surface area contributed by atoms with Crippen molar-refractivity contribution in [3.8, 4) is 5.75 Å². The summed E-state index contributed by atoms with van der Waals surface area (Å²) >= 11 is 0. The van der Waals surface area contributed by atoms with E-state index in [2.05, 4.69) is 10.6 Å². The van der Waals surface area contributed by atoms with Crippen molar-refractivity contribution in [3.05, 3.63) is 24.3 Å². The minimum absolute atomic E-state index is 0. The molecule has 1 rings (SSSR count). The first-order valence-electron chi connectivity index (χ1n) is 7.29. The average molecular weight is 344 g/mol. The highest BCUT2D eigenvalue weighted by molar-refractivity contribution is 5.97. The van der Waals surface area contributed by atoms with Gasteiger partial charge in [0.15, 0.2) is 0 Å². The van der Waals surface area contributed by atoms with E-state index in [9.17, 15) is 9.59 Å². The monoisotopic (exact) mass is 343 g/mol. The normalized spacial score (nSPS) is 11.9. The van der Waals surface area contributed by atoms with Crippen molar-refractivity contribution in [2.75, 3.05) is 18.5 Å². The van der Waals surface area contributed by atoms with Crippen LogP contribution in [0.5, 0.6) is 5.75 Å². The zero-order valence-electron chi connectivity index (χ0n) is 14.0. The first-order valence-corrected chi connectivity index (χ1v) is 7.29. The van der Waals surface area contributed by atoms with Gasteiger partial charge in [0.2, 0.25) is 11.8 Å². The molecule has 4 N–H and O–H groups in total. The van der Waals surface area contributed by atoms with Crippen LogP contribution in [0.1, 0.15) is 27.7 Å². The number of nitrogens with one attached hydrogen (secondary N) is 2. The van der Waals surface area contributed by atoms with E-state index in [4.69, 9.17) is 10.5 Å². The van der Waals surface area contributed by atoms with Crippen molar-refractivity contribution >= 4 is 29.9 Å². The molecule has 7 heteroatoms. The number of anilines is 1. The van der Waals surface area contributed by atoms with Gasteiger partial charge in [-0.25, -0.2) is 0 Å². The first-order chi connectivity index (χ1) is 10.2. The van der Waals surface area contributed by atoms with E-state index >= 15 is 0 Å². The number of benzene rings is 1. The molecule has 0 spiro atoms. The quantitative estimate of drug-likeness (QED) is 0.735. The molecule has 0 aliphatic rings. The third kappa shape index (κ3) is 7.34. The van der Waals surface area contributed by atoms with Gasteiger partial charge in [-0.3, -0.25) is 9.59 Å². The van der Waals surface area contributed by atoms with Crippen LogP contribution in [-0.2, 0) is 9.59 Å². The predicted molar refractivity (Wildman–Crippen MR) is 93.9 cm³/mol. The van der Waals surface area contributed by atoms with Crippen LogP contribution in [0.25, 0.3) is 0 Å². The molecule has 1 unspecified atom stereocenters. The number of carbonyl (C=O) groups is 2. The molecule has 0 aliphatic heterocycles. The Hall–Kier alpha value is -1.79. The van der Waals surface area contributed by atoms with Gasteiger partial charge in [0, 0.05) is 17.6 Å². The van der Waals surface area contributed by atoms with Gasteiger partial charge in [-0.15, -0.1) is 12.4 Å². The van der Waals surface area contributed by atoms with Gasteiger partial charge in [0.1, 0.15) is 18.4 Å². The van der Waals surface area contributed by atoms with Crippen LogP contribution >= 0.6 is 12.4 Å². The predicted octanol–water partition coefficient (Wildman–Crippen LogP) is 1.94. The van der Waals surface area contributed by atoms with Crippen LogP contribution in [0.3, 0.4) is 0 Å². The summed E-state index contributed by atoms with van der Waals surface area (Å²) in [6.07, 6.45) is 0. The molecule has 2 amide bonds. The number of hydrogen-bond acceptors (Lipinski definition) is 4. The highest BCUT2D eigenvalue weighted by atomic mass is 35.5. The summed E-state index contributed by atoms with van der Waals surface area (Å²) in [5.74, 6) is 0.256. The topological polar surface area (TPSA) is 93.5 Å². The van der Waals surface area contributed by atoms with Gasteiger partial charge in [-0.05, 0) is 31.2 Å². The second-order valence-electron chi connectivity index (χ2n) is 6.10. The lowest BCUT2D eigenvalue weighted by Crippen LogP contribution is -2.46. The number of hydrogen-bond donors (Lipinski definition) is 3. The van der Waals surface area contributed by atoms with Crippen LogP contribution in [0.2, 0.25) is 0 Å². The lowest BCUT2D eigenvalue weighted by molar-refractivity contribution is -0.131. The maximum absolute atomic E-state index is 12.1. The van der Waals surface area contributed by atoms with Gasteiger partial charge in [0.05, 0.1) is 0 Å². The van der Waals surface area contributed by atoms with E-state index in [1.807, 2.05) is 0 Å². The fourth-order valence-corrected chi connectivity index (χ4v) is 1.54. The summed E-state index contributed by atoms with van der Waals surface area (Å²) in [6, 6.07) is 6.37. The molecule has 0 heterocycles. The number of carbonyl (C=O) groups excluding carboxylic acids is 2. The summed E-state index contributed by atoms with van der Waals surface area (Å²) in [4.78, 5) is 23.9. The number of halogens is 1. The molecule has 0 fully saturated rings. The zero-order chi connectivity index (χ0) is 16.8. The number of amides is 2. The van der Waals surface area contributed by atoms with E-state index in [0.717, 1.165) is 0 Å². The minimum atomic E-state index is -0.611. The highest BCUT2D eigenvalue weighted by Crippen LogP contribution is 2.16. The van der Waals surface area contributed by atoms with E-state index in [1.54, 1.807) is 52.0 Å². The Morgan fingerprint density at radius 2 is 1.78 bits per heavy atom. The Bertz CT molecular complexity index is 512. The van der Waals surface area contributed by atoms with Crippen molar-refractivity contribution in [1.29, 1.82) is 0 Å². The lowest BCUT2D eigenvalue weighted by Gasteiger charge is -2.21. The number of rotatable bonds is 6. The van der Waals surface area contributed by atoms with Gasteiger partial charge in [0.25, 0.3) is 0 Å². The Kier molecular flexibility index (Phi) is 8.64. The van der Waals surface area contributed by atoms with Crippen LogP contribution < -0.4 is 21.1 Å². The van der Waals surface area contributed by atoms with Crippen molar-refractivity contribution in [1.82, 2.24) is 5.32 Å². The summed E-state index contributed by atoms with van der Waals surface area (Å²) in [5.41, 5.74) is 5.47. The lowest BCUT2D eigenvalue weighted by atomic mass is 9.95. The molecule has 23 heavy (non-hydrogen) atoms. The Morgan fingerprint density at radius 1 is 1.22 bits per heavy atom. The highest BCUT2D eigenvalue weighted by Gasteiger charge is 2.25. The number of ether oxygens (including phenoxy) is 1. The molecule has 0 bridgehead atoms. The standard InChI is InChI=1S/C16H25N3O3.ClH/c1-11(18-15(21)16(2,3)4)14(20)19-12-5-7-13(8-6-12)22-10-9-17;/h5-8,11H,9-10,17H2,1-4H3,(H,18,21)(H,19,20);1H. The van der Waals surface area contributed by atoms with Crippen LogP contribution in [-0.4, -0.2) is 31.0 Å². The van der Waals surface area contributed by atoms with Crippen LogP contribution in [0.4, 0.5) is 5.69 Å². The Labute approximate surface area is 143 Å². The second kappa shape index (κ2) is 9.37. The van der Waals surface area contributed by atoms with Gasteiger partial charge in [-0.1, -0.05) is 20.8 Å². The second-order valence-corrected chi connectivity index (χ2v) is 6.10. The molecule has 1 aromatic rings. The van der Waals surface area contributed by atoms with Crippen molar-refractivity contribution in [3.63, 3.8) is 0 Å². The molecule has 0 radical (unpaired) electrons. The molecule has 1 aromatic carbocycles. The summed E-state index contributed by atoms with van der Waals surface area (Å²) in [7, 11) is 0. The molecule has 6 nitrogen and oxygen atoms in total.